The standard InChI is InChI=1S/2C11H21N.3C10H19N.2C9H17N.C8H15N/c1-10-5-6-11-4-2-3-8-12(11)9-7-10;1-10-6-8-12-7-4-2-3-5-11(12)9-10;1-9-4-5-10-3-2-7-11(10)8-6-9;1-9-5-7-11-6-3-2-4-10(11)8-9;1-9-7-10-5-3-2-4-6-11(10)8-9;1-8-4-6-10-5-2-3-9(10)7-8;1-8-6-9-4-2-3-5-10(9)7-8;1-7-5-8-3-2-4-9(8)6-7/h2*10-11H,2-9H2,1H3;3*9-10H,2-8H2,1H3;2*8-9H,2-7H2,1H3;7-8H,2-6H2,1H3. The molecule has 86 heavy (non-hydrogen) atoms. The van der Waals surface area contributed by atoms with Crippen molar-refractivity contribution in [3.63, 3.8) is 0 Å². The third-order valence-corrected chi connectivity index (χ3v) is 26.0. The summed E-state index contributed by atoms with van der Waals surface area (Å²) in [6, 6.07) is 7.76. The molecule has 8 heteroatoms. The first kappa shape index (κ1) is 70.0. The molecule has 0 bridgehead atoms. The van der Waals surface area contributed by atoms with Gasteiger partial charge in [-0.3, -0.25) is 0 Å². The van der Waals surface area contributed by atoms with Crippen LogP contribution in [0.1, 0.15) is 299 Å². The van der Waals surface area contributed by atoms with E-state index in [9.17, 15) is 0 Å². The molecule has 0 aromatic heterocycles. The first-order valence-corrected chi connectivity index (χ1v) is 39.8. The van der Waals surface area contributed by atoms with Crippen molar-refractivity contribution in [2.24, 2.45) is 47.3 Å². The molecule has 0 aliphatic carbocycles. The summed E-state index contributed by atoms with van der Waals surface area (Å²) in [6.07, 6.45) is 55.7. The molecule has 16 unspecified atom stereocenters. The van der Waals surface area contributed by atoms with E-state index in [0.29, 0.717) is 0 Å². The van der Waals surface area contributed by atoms with Crippen LogP contribution in [0.15, 0.2) is 0 Å². The van der Waals surface area contributed by atoms with Gasteiger partial charge in [-0.05, 0) is 331 Å². The maximum atomic E-state index is 2.74. The quantitative estimate of drug-likeness (QED) is 0.237. The minimum absolute atomic E-state index is 0.955. The Morgan fingerprint density at radius 1 is 0.151 bits per heavy atom. The highest BCUT2D eigenvalue weighted by Crippen LogP contribution is 2.36. The van der Waals surface area contributed by atoms with E-state index >= 15 is 0 Å². The van der Waals surface area contributed by atoms with Gasteiger partial charge in [-0.1, -0.05) is 100 Å². The van der Waals surface area contributed by atoms with E-state index in [4.69, 9.17) is 0 Å². The van der Waals surface area contributed by atoms with Crippen LogP contribution < -0.4 is 0 Å². The van der Waals surface area contributed by atoms with Gasteiger partial charge in [0.25, 0.3) is 0 Å². The van der Waals surface area contributed by atoms with Gasteiger partial charge in [0.15, 0.2) is 0 Å². The average Bonchev–Trinajstić information content (AvgIpc) is 4.34. The van der Waals surface area contributed by atoms with Crippen molar-refractivity contribution in [1.82, 2.24) is 39.2 Å². The molecule has 0 radical (unpaired) electrons. The van der Waals surface area contributed by atoms with Crippen LogP contribution >= 0.6 is 0 Å². The van der Waals surface area contributed by atoms with Crippen molar-refractivity contribution in [1.29, 1.82) is 0 Å². The third kappa shape index (κ3) is 23.0. The van der Waals surface area contributed by atoms with E-state index in [-0.39, 0.29) is 0 Å². The summed E-state index contributed by atoms with van der Waals surface area (Å²) in [4.78, 5) is 21.7. The highest BCUT2D eigenvalue weighted by Gasteiger charge is 2.35. The number of hydrogen-bond donors (Lipinski definition) is 0. The second-order valence-corrected chi connectivity index (χ2v) is 33.9. The van der Waals surface area contributed by atoms with Crippen LogP contribution in [0.3, 0.4) is 0 Å². The first-order valence-electron chi connectivity index (χ1n) is 39.8. The Bertz CT molecular complexity index is 1730. The highest BCUT2D eigenvalue weighted by atomic mass is 15.2. The maximum absolute atomic E-state index is 2.74. The van der Waals surface area contributed by atoms with Crippen LogP contribution in [0.2, 0.25) is 0 Å². The summed E-state index contributed by atoms with van der Waals surface area (Å²) in [5.41, 5.74) is 0. The van der Waals surface area contributed by atoms with Gasteiger partial charge in [0.1, 0.15) is 0 Å². The molecular weight excluding hydrogens is 1050 g/mol. The lowest BCUT2D eigenvalue weighted by Gasteiger charge is -2.41. The molecule has 16 rings (SSSR count). The van der Waals surface area contributed by atoms with E-state index < -0.39 is 0 Å². The van der Waals surface area contributed by atoms with Crippen LogP contribution in [0.5, 0.6) is 0 Å². The van der Waals surface area contributed by atoms with E-state index in [1.165, 1.54) is 349 Å². The van der Waals surface area contributed by atoms with Crippen molar-refractivity contribution >= 4 is 0 Å². The van der Waals surface area contributed by atoms with Crippen LogP contribution in [0.25, 0.3) is 0 Å². The van der Waals surface area contributed by atoms with Gasteiger partial charge in [0.05, 0.1) is 0 Å². The maximum Gasteiger partial charge on any atom is 0.00988 e. The molecule has 16 aliphatic rings. The van der Waals surface area contributed by atoms with E-state index in [0.717, 1.165) is 95.7 Å². The zero-order valence-corrected chi connectivity index (χ0v) is 59.0. The van der Waals surface area contributed by atoms with Gasteiger partial charge in [-0.15, -0.1) is 0 Å². The van der Waals surface area contributed by atoms with Crippen molar-refractivity contribution in [2.75, 3.05) is 105 Å². The lowest BCUT2D eigenvalue weighted by molar-refractivity contribution is 0.0839. The fourth-order valence-electron chi connectivity index (χ4n) is 20.5. The highest BCUT2D eigenvalue weighted by molar-refractivity contribution is 4.91. The Morgan fingerprint density at radius 3 is 0.733 bits per heavy atom. The summed E-state index contributed by atoms with van der Waals surface area (Å²) >= 11 is 0. The van der Waals surface area contributed by atoms with Crippen LogP contribution in [0.4, 0.5) is 0 Å². The predicted molar refractivity (Wildman–Crippen MR) is 372 cm³/mol. The predicted octanol–water partition coefficient (Wildman–Crippen LogP) is 17.4. The molecule has 16 atom stereocenters. The van der Waals surface area contributed by atoms with Gasteiger partial charge in [-0.25, -0.2) is 0 Å². The Labute approximate surface area is 536 Å². The van der Waals surface area contributed by atoms with Crippen LogP contribution in [-0.4, -0.2) is 192 Å². The van der Waals surface area contributed by atoms with Crippen molar-refractivity contribution in [3.8, 4) is 0 Å². The molecule has 16 fully saturated rings. The Balaban J connectivity index is 0.000000118. The molecule has 16 heterocycles. The van der Waals surface area contributed by atoms with E-state index in [1.807, 2.05) is 0 Å². The lowest BCUT2D eigenvalue weighted by Crippen LogP contribution is -2.44. The number of fused-ring (bicyclic) bond motifs is 8. The van der Waals surface area contributed by atoms with Gasteiger partial charge in [0.2, 0.25) is 0 Å². The molecule has 16 aliphatic heterocycles. The first-order chi connectivity index (χ1) is 41.9. The molecule has 0 N–H and O–H groups in total. The summed E-state index contributed by atoms with van der Waals surface area (Å²) in [5, 5.41) is 0. The zero-order chi connectivity index (χ0) is 60.0. The molecule has 16 saturated heterocycles. The van der Waals surface area contributed by atoms with Crippen LogP contribution in [0, 0.1) is 47.3 Å². The molecule has 500 valence electrons. The molecule has 8 nitrogen and oxygen atoms in total. The monoisotopic (exact) mass is 1200 g/mol. The Hall–Kier alpha value is -0.320. The summed E-state index contributed by atoms with van der Waals surface area (Å²) < 4.78 is 0. The number of piperidine rings is 6. The molecule has 0 saturated carbocycles. The lowest BCUT2D eigenvalue weighted by atomic mass is 9.87. The van der Waals surface area contributed by atoms with E-state index in [1.54, 1.807) is 0 Å². The van der Waals surface area contributed by atoms with Gasteiger partial charge in [0, 0.05) is 68.0 Å². The summed E-state index contributed by atoms with van der Waals surface area (Å²) in [7, 11) is 0. The second-order valence-electron chi connectivity index (χ2n) is 33.9. The van der Waals surface area contributed by atoms with E-state index in [2.05, 4.69) is 94.6 Å². The molecule has 0 aromatic rings. The molecular formula is C78H148N8. The average molecular weight is 1200 g/mol. The largest absolute Gasteiger partial charge is 0.300 e. The number of rotatable bonds is 0. The normalized spacial score (nSPS) is 40.5. The smallest absolute Gasteiger partial charge is 0.00988 e. The minimum Gasteiger partial charge on any atom is -0.300 e. The number of hydrogen-bond acceptors (Lipinski definition) is 8. The number of nitrogens with zero attached hydrogens (tertiary/aromatic N) is 8. The van der Waals surface area contributed by atoms with Crippen molar-refractivity contribution in [3.05, 3.63) is 0 Å². The zero-order valence-electron chi connectivity index (χ0n) is 59.0. The molecule has 0 aromatic carbocycles. The summed E-state index contributed by atoms with van der Waals surface area (Å²) in [5.74, 6) is 7.88. The second kappa shape index (κ2) is 37.5. The van der Waals surface area contributed by atoms with Crippen molar-refractivity contribution in [2.45, 2.75) is 348 Å². The molecule has 0 amide bonds. The summed E-state index contributed by atoms with van der Waals surface area (Å²) in [6.45, 7) is 41.3. The SMILES string of the molecule is CC1CC2CCCCCN2C1.CC1CC2CCCCN2C1.CC1CC2CCCN2C1.CC1CCC2CCCCN2CC1.CC1CCC2CCCN2CC1.CC1CCN2CCCC2C1.CC1CCN2CCCCC2C1.CC1CCN2CCCCCC2C1. The van der Waals surface area contributed by atoms with Crippen LogP contribution in [-0.2, 0) is 0 Å². The fraction of sp³-hybridized carbons (Fsp3) is 1.00. The van der Waals surface area contributed by atoms with Gasteiger partial charge in [-0.2, -0.15) is 0 Å². The van der Waals surface area contributed by atoms with Gasteiger partial charge < -0.3 is 39.2 Å². The minimum atomic E-state index is 0.955. The van der Waals surface area contributed by atoms with Gasteiger partial charge >= 0.3 is 0 Å². The Morgan fingerprint density at radius 2 is 0.372 bits per heavy atom. The topological polar surface area (TPSA) is 25.9 Å². The Kier molecular flexibility index (Phi) is 30.6. The molecule has 0 spiro atoms. The third-order valence-electron chi connectivity index (χ3n) is 26.0. The fourth-order valence-corrected chi connectivity index (χ4v) is 20.5. The van der Waals surface area contributed by atoms with Crippen molar-refractivity contribution < 1.29 is 0 Å².